The van der Waals surface area contributed by atoms with Gasteiger partial charge in [0.05, 0.1) is 9.47 Å². The molecule has 126 valence electrons. The van der Waals surface area contributed by atoms with E-state index >= 15 is 0 Å². The van der Waals surface area contributed by atoms with Crippen LogP contribution in [0.2, 0.25) is 0 Å². The molecule has 0 saturated carbocycles. The van der Waals surface area contributed by atoms with E-state index in [0.717, 1.165) is 19.8 Å². The van der Waals surface area contributed by atoms with E-state index < -0.39 is 0 Å². The third-order valence-corrected chi connectivity index (χ3v) is 6.00. The smallest absolute Gasteiger partial charge is 0.258 e. The summed E-state index contributed by atoms with van der Waals surface area (Å²) in [5, 5.41) is 0. The fraction of sp³-hybridized carbons (Fsp3) is 0.105. The Morgan fingerprint density at radius 3 is 2.68 bits per heavy atom. The minimum Gasteiger partial charge on any atom is -0.399 e. The molecule has 0 saturated heterocycles. The van der Waals surface area contributed by atoms with E-state index in [1.165, 1.54) is 12.1 Å². The highest BCUT2D eigenvalue weighted by molar-refractivity contribution is 9.11. The minimum atomic E-state index is -0.354. The number of thiophene rings is 1. The van der Waals surface area contributed by atoms with Crippen molar-refractivity contribution in [1.82, 2.24) is 0 Å². The Bertz CT molecular complexity index is 968. The molecule has 2 N–H and O–H groups in total. The summed E-state index contributed by atoms with van der Waals surface area (Å²) in [5.74, 6) is -0.506. The summed E-state index contributed by atoms with van der Waals surface area (Å²) in [6, 6.07) is 13.5. The van der Waals surface area contributed by atoms with Crippen molar-refractivity contribution in [3.63, 3.8) is 0 Å². The lowest BCUT2D eigenvalue weighted by Crippen LogP contribution is -2.32. The van der Waals surface area contributed by atoms with Crippen molar-refractivity contribution in [3.8, 4) is 10.4 Å². The average molecular weight is 417 g/mol. The number of nitrogens with zero attached hydrogens (tertiary/aromatic N) is 1. The molecule has 1 aromatic heterocycles. The van der Waals surface area contributed by atoms with Gasteiger partial charge in [0, 0.05) is 28.2 Å². The van der Waals surface area contributed by atoms with Crippen LogP contribution >= 0.6 is 27.3 Å². The molecule has 2 aromatic carbocycles. The number of carbonyl (C=O) groups excluding carboxylic acids is 1. The molecule has 2 heterocycles. The van der Waals surface area contributed by atoms with Crippen LogP contribution < -0.4 is 10.6 Å². The van der Waals surface area contributed by atoms with Gasteiger partial charge in [-0.05, 0) is 76.4 Å². The summed E-state index contributed by atoms with van der Waals surface area (Å²) >= 11 is 5.13. The number of rotatable bonds is 1. The molecule has 0 atom stereocenters. The van der Waals surface area contributed by atoms with Crippen LogP contribution in [0.5, 0.6) is 0 Å². The standard InChI is InChI=1S/C19H14BrFN2OS/c20-17-9-12-7-8-23(19(24)11-1-4-14(22)5-2-11)16-10-13(21)3-6-15(16)18(12)25-17/h1-6,9-10H,7-8,22H2. The van der Waals surface area contributed by atoms with E-state index in [2.05, 4.69) is 22.0 Å². The third kappa shape index (κ3) is 2.96. The Hall–Kier alpha value is -2.18. The molecule has 0 bridgehead atoms. The summed E-state index contributed by atoms with van der Waals surface area (Å²) in [5.41, 5.74) is 9.50. The van der Waals surface area contributed by atoms with Crippen LogP contribution in [0.1, 0.15) is 15.9 Å². The zero-order valence-electron chi connectivity index (χ0n) is 13.1. The first-order chi connectivity index (χ1) is 12.0. The summed E-state index contributed by atoms with van der Waals surface area (Å²) in [4.78, 5) is 15.8. The van der Waals surface area contributed by atoms with Crippen molar-refractivity contribution in [1.29, 1.82) is 0 Å². The van der Waals surface area contributed by atoms with E-state index in [1.54, 1.807) is 46.6 Å². The summed E-state index contributed by atoms with van der Waals surface area (Å²) in [7, 11) is 0. The molecule has 1 aliphatic heterocycles. The normalized spacial score (nSPS) is 13.1. The van der Waals surface area contributed by atoms with Gasteiger partial charge < -0.3 is 10.6 Å². The first kappa shape index (κ1) is 16.3. The Labute approximate surface area is 157 Å². The van der Waals surface area contributed by atoms with Crippen molar-refractivity contribution in [2.75, 3.05) is 17.2 Å². The number of carbonyl (C=O) groups is 1. The zero-order chi connectivity index (χ0) is 17.6. The van der Waals surface area contributed by atoms with Gasteiger partial charge in [0.15, 0.2) is 0 Å². The molecule has 4 rings (SSSR count). The van der Waals surface area contributed by atoms with Crippen LogP contribution in [-0.4, -0.2) is 12.5 Å². The summed E-state index contributed by atoms with van der Waals surface area (Å²) < 4.78 is 15.0. The molecule has 1 aliphatic rings. The van der Waals surface area contributed by atoms with Gasteiger partial charge in [-0.25, -0.2) is 4.39 Å². The predicted molar refractivity (Wildman–Crippen MR) is 104 cm³/mol. The highest BCUT2D eigenvalue weighted by atomic mass is 79.9. The van der Waals surface area contributed by atoms with Crippen molar-refractivity contribution in [2.24, 2.45) is 0 Å². The lowest BCUT2D eigenvalue weighted by atomic mass is 10.1. The Morgan fingerprint density at radius 1 is 1.16 bits per heavy atom. The van der Waals surface area contributed by atoms with Gasteiger partial charge in [0.1, 0.15) is 5.82 Å². The minimum absolute atomic E-state index is 0.152. The fourth-order valence-electron chi connectivity index (χ4n) is 3.07. The highest BCUT2D eigenvalue weighted by Crippen LogP contribution is 2.43. The largest absolute Gasteiger partial charge is 0.399 e. The van der Waals surface area contributed by atoms with Crippen LogP contribution in [0.25, 0.3) is 10.4 Å². The number of hydrogen-bond acceptors (Lipinski definition) is 3. The molecule has 3 aromatic rings. The number of nitrogen functional groups attached to an aromatic ring is 1. The summed E-state index contributed by atoms with van der Waals surface area (Å²) in [6.45, 7) is 0.496. The number of amides is 1. The molecule has 0 fully saturated rings. The molecule has 25 heavy (non-hydrogen) atoms. The second kappa shape index (κ2) is 6.28. The maximum Gasteiger partial charge on any atom is 0.258 e. The van der Waals surface area contributed by atoms with Crippen molar-refractivity contribution in [2.45, 2.75) is 6.42 Å². The topological polar surface area (TPSA) is 46.3 Å². The van der Waals surface area contributed by atoms with Gasteiger partial charge in [-0.3, -0.25) is 4.79 Å². The monoisotopic (exact) mass is 416 g/mol. The molecule has 1 amide bonds. The SMILES string of the molecule is Nc1ccc(C(=O)N2CCc3cc(Br)sc3-c3ccc(F)cc32)cc1. The molecular formula is C19H14BrFN2OS. The van der Waals surface area contributed by atoms with Crippen LogP contribution in [0, 0.1) is 5.82 Å². The van der Waals surface area contributed by atoms with E-state index in [1.807, 2.05) is 0 Å². The number of hydrogen-bond donors (Lipinski definition) is 1. The van der Waals surface area contributed by atoms with E-state index in [0.29, 0.717) is 29.9 Å². The lowest BCUT2D eigenvalue weighted by Gasteiger charge is -2.23. The number of nitrogens with two attached hydrogens (primary N) is 1. The quantitative estimate of drug-likeness (QED) is 0.560. The molecule has 0 unspecified atom stereocenters. The van der Waals surface area contributed by atoms with E-state index in [-0.39, 0.29) is 11.7 Å². The Balaban J connectivity index is 1.83. The van der Waals surface area contributed by atoms with Gasteiger partial charge in [0.2, 0.25) is 0 Å². The molecule has 6 heteroatoms. The van der Waals surface area contributed by atoms with Crippen LogP contribution in [0.3, 0.4) is 0 Å². The average Bonchev–Trinajstić information content (AvgIpc) is 2.89. The number of fused-ring (bicyclic) bond motifs is 3. The molecular weight excluding hydrogens is 403 g/mol. The third-order valence-electron chi connectivity index (χ3n) is 4.28. The number of halogens is 2. The van der Waals surface area contributed by atoms with Gasteiger partial charge in [0.25, 0.3) is 5.91 Å². The maximum atomic E-state index is 13.9. The molecule has 3 nitrogen and oxygen atoms in total. The van der Waals surface area contributed by atoms with Crippen LogP contribution in [-0.2, 0) is 6.42 Å². The summed E-state index contributed by atoms with van der Waals surface area (Å²) in [6.07, 6.45) is 0.717. The predicted octanol–water partition coefficient (Wildman–Crippen LogP) is 5.10. The van der Waals surface area contributed by atoms with Gasteiger partial charge in [-0.2, -0.15) is 0 Å². The fourth-order valence-corrected chi connectivity index (χ4v) is 4.81. The van der Waals surface area contributed by atoms with Gasteiger partial charge in [-0.1, -0.05) is 0 Å². The Kier molecular flexibility index (Phi) is 4.09. The zero-order valence-corrected chi connectivity index (χ0v) is 15.5. The van der Waals surface area contributed by atoms with Gasteiger partial charge >= 0.3 is 0 Å². The van der Waals surface area contributed by atoms with Gasteiger partial charge in [-0.15, -0.1) is 11.3 Å². The van der Waals surface area contributed by atoms with Crippen molar-refractivity contribution >= 4 is 44.5 Å². The second-order valence-electron chi connectivity index (χ2n) is 5.90. The Morgan fingerprint density at radius 2 is 1.92 bits per heavy atom. The maximum absolute atomic E-state index is 13.9. The number of benzene rings is 2. The lowest BCUT2D eigenvalue weighted by molar-refractivity contribution is 0.0987. The first-order valence-corrected chi connectivity index (χ1v) is 9.39. The molecule has 0 radical (unpaired) electrons. The van der Waals surface area contributed by atoms with Crippen molar-refractivity contribution in [3.05, 3.63) is 69.3 Å². The highest BCUT2D eigenvalue weighted by Gasteiger charge is 2.27. The van der Waals surface area contributed by atoms with Crippen LogP contribution in [0.15, 0.2) is 52.3 Å². The van der Waals surface area contributed by atoms with E-state index in [9.17, 15) is 9.18 Å². The van der Waals surface area contributed by atoms with E-state index in [4.69, 9.17) is 5.73 Å². The molecule has 0 spiro atoms. The van der Waals surface area contributed by atoms with Crippen LogP contribution in [0.4, 0.5) is 15.8 Å². The number of anilines is 2. The van der Waals surface area contributed by atoms with Crippen molar-refractivity contribution < 1.29 is 9.18 Å². The molecule has 0 aliphatic carbocycles. The first-order valence-electron chi connectivity index (χ1n) is 7.78. The second-order valence-corrected chi connectivity index (χ2v) is 8.33.